The van der Waals surface area contributed by atoms with E-state index in [-0.39, 0.29) is 12.7 Å². The smallest absolute Gasteiger partial charge is 0.489 e. The number of nitrogens with zero attached hydrogens (tertiary/aromatic N) is 1. The average Bonchev–Trinajstić information content (AvgIpc) is 2.75. The van der Waals surface area contributed by atoms with E-state index in [9.17, 15) is 5.26 Å². The summed E-state index contributed by atoms with van der Waals surface area (Å²) >= 11 is 0. The van der Waals surface area contributed by atoms with Gasteiger partial charge in [-0.15, -0.1) is 0 Å². The Bertz CT molecular complexity index is 608. The lowest BCUT2D eigenvalue weighted by Gasteiger charge is -2.32. The van der Waals surface area contributed by atoms with Crippen LogP contribution in [-0.4, -0.2) is 36.1 Å². The maximum atomic E-state index is 9.45. The molecule has 1 atom stereocenters. The summed E-state index contributed by atoms with van der Waals surface area (Å²) < 4.78 is 17.9. The molecule has 0 radical (unpaired) electrons. The molecular formula is C18H26BNO4. The van der Waals surface area contributed by atoms with E-state index < -0.39 is 18.3 Å². The third-order valence-electron chi connectivity index (χ3n) is 4.85. The van der Waals surface area contributed by atoms with Crippen LogP contribution >= 0.6 is 0 Å². The molecule has 1 aromatic carbocycles. The van der Waals surface area contributed by atoms with Gasteiger partial charge in [-0.25, -0.2) is 0 Å². The van der Waals surface area contributed by atoms with Crippen LogP contribution in [0.15, 0.2) is 18.2 Å². The van der Waals surface area contributed by atoms with Crippen molar-refractivity contribution in [3.8, 4) is 11.8 Å². The fraction of sp³-hybridized carbons (Fsp3) is 0.611. The average molecular weight is 331 g/mol. The maximum absolute atomic E-state index is 9.45. The Morgan fingerprint density at radius 1 is 1.25 bits per heavy atom. The highest BCUT2D eigenvalue weighted by Gasteiger charge is 2.51. The zero-order valence-corrected chi connectivity index (χ0v) is 15.1. The highest BCUT2D eigenvalue weighted by Crippen LogP contribution is 2.36. The van der Waals surface area contributed by atoms with Gasteiger partial charge in [-0.3, -0.25) is 0 Å². The Balaban J connectivity index is 2.23. The first kappa shape index (κ1) is 18.8. The van der Waals surface area contributed by atoms with Crippen LogP contribution in [0.25, 0.3) is 0 Å². The van der Waals surface area contributed by atoms with Gasteiger partial charge in [0.15, 0.2) is 0 Å². The summed E-state index contributed by atoms with van der Waals surface area (Å²) in [5.74, 6) is 0.526. The first-order valence-corrected chi connectivity index (χ1v) is 8.41. The predicted octanol–water partition coefficient (Wildman–Crippen LogP) is 2.40. The van der Waals surface area contributed by atoms with Crippen molar-refractivity contribution in [3.05, 3.63) is 23.8 Å². The molecule has 0 spiro atoms. The molecule has 1 fully saturated rings. The third-order valence-corrected chi connectivity index (χ3v) is 4.85. The molecule has 1 heterocycles. The van der Waals surface area contributed by atoms with Gasteiger partial charge in [-0.1, -0.05) is 13.0 Å². The summed E-state index contributed by atoms with van der Waals surface area (Å²) in [6.07, 6.45) is 1.20. The Hall–Kier alpha value is -1.55. The van der Waals surface area contributed by atoms with Crippen LogP contribution < -0.4 is 10.2 Å². The topological polar surface area (TPSA) is 71.7 Å². The van der Waals surface area contributed by atoms with Gasteiger partial charge >= 0.3 is 7.12 Å². The van der Waals surface area contributed by atoms with Gasteiger partial charge in [0.05, 0.1) is 16.8 Å². The van der Waals surface area contributed by atoms with Gasteiger partial charge in [0, 0.05) is 13.0 Å². The lowest BCUT2D eigenvalue weighted by atomic mass is 9.78. The molecule has 0 aromatic heterocycles. The van der Waals surface area contributed by atoms with Crippen LogP contribution in [0.4, 0.5) is 0 Å². The zero-order valence-electron chi connectivity index (χ0n) is 15.1. The molecule has 1 N–H and O–H groups in total. The van der Waals surface area contributed by atoms with E-state index in [0.717, 1.165) is 11.9 Å². The maximum Gasteiger partial charge on any atom is 0.494 e. The van der Waals surface area contributed by atoms with Crippen molar-refractivity contribution >= 4 is 12.6 Å². The van der Waals surface area contributed by atoms with Crippen LogP contribution in [0.5, 0.6) is 5.75 Å². The molecule has 6 heteroatoms. The molecule has 0 aliphatic carbocycles. The van der Waals surface area contributed by atoms with Gasteiger partial charge in [0.2, 0.25) is 0 Å². The number of rotatable bonds is 6. The number of benzene rings is 1. The quantitative estimate of drug-likeness (QED) is 0.811. The second-order valence-corrected chi connectivity index (χ2v) is 7.12. The first-order chi connectivity index (χ1) is 11.2. The summed E-state index contributed by atoms with van der Waals surface area (Å²) in [5, 5.41) is 18.5. The molecule has 1 aliphatic rings. The second-order valence-electron chi connectivity index (χ2n) is 7.12. The number of hydrogen-bond acceptors (Lipinski definition) is 5. The van der Waals surface area contributed by atoms with Crippen LogP contribution in [-0.2, 0) is 9.31 Å². The van der Waals surface area contributed by atoms with E-state index in [2.05, 4.69) is 6.07 Å². The van der Waals surface area contributed by atoms with Crippen molar-refractivity contribution in [2.24, 2.45) is 0 Å². The highest BCUT2D eigenvalue weighted by atomic mass is 16.7. The van der Waals surface area contributed by atoms with E-state index in [1.165, 1.54) is 0 Å². The normalized spacial score (nSPS) is 19.8. The van der Waals surface area contributed by atoms with Crippen molar-refractivity contribution in [2.45, 2.75) is 64.8 Å². The predicted molar refractivity (Wildman–Crippen MR) is 93.3 cm³/mol. The molecule has 1 saturated heterocycles. The van der Waals surface area contributed by atoms with Crippen molar-refractivity contribution in [3.63, 3.8) is 0 Å². The van der Waals surface area contributed by atoms with Gasteiger partial charge in [0.1, 0.15) is 17.9 Å². The summed E-state index contributed by atoms with van der Waals surface area (Å²) in [7, 11) is -0.504. The monoisotopic (exact) mass is 331 g/mol. The van der Waals surface area contributed by atoms with Crippen molar-refractivity contribution < 1.29 is 19.2 Å². The Kier molecular flexibility index (Phi) is 5.59. The van der Waals surface area contributed by atoms with E-state index in [4.69, 9.17) is 19.2 Å². The summed E-state index contributed by atoms with van der Waals surface area (Å²) in [6, 6.07) is 7.57. The highest BCUT2D eigenvalue weighted by molar-refractivity contribution is 6.62. The molecule has 5 nitrogen and oxygen atoms in total. The number of aliphatic hydroxyl groups excluding tert-OH is 1. The number of hydrogen-bond donors (Lipinski definition) is 1. The third kappa shape index (κ3) is 3.75. The zero-order chi connectivity index (χ0) is 18.0. The molecule has 1 aromatic rings. The summed E-state index contributed by atoms with van der Waals surface area (Å²) in [5.41, 5.74) is 0.397. The minimum Gasteiger partial charge on any atom is -0.489 e. The Morgan fingerprint density at radius 3 is 2.38 bits per heavy atom. The fourth-order valence-corrected chi connectivity index (χ4v) is 2.53. The van der Waals surface area contributed by atoms with Crippen molar-refractivity contribution in [2.75, 3.05) is 6.61 Å². The summed E-state index contributed by atoms with van der Waals surface area (Å²) in [4.78, 5) is 0. The lowest BCUT2D eigenvalue weighted by Crippen LogP contribution is -2.41. The largest absolute Gasteiger partial charge is 0.494 e. The van der Waals surface area contributed by atoms with Gasteiger partial charge in [-0.05, 0) is 51.7 Å². The Morgan fingerprint density at radius 2 is 1.88 bits per heavy atom. The fourth-order valence-electron chi connectivity index (χ4n) is 2.53. The van der Waals surface area contributed by atoms with Crippen LogP contribution in [0.1, 0.15) is 53.0 Å². The molecule has 0 bridgehead atoms. The van der Waals surface area contributed by atoms with Gasteiger partial charge in [-0.2, -0.15) is 5.26 Å². The van der Waals surface area contributed by atoms with E-state index >= 15 is 0 Å². The summed E-state index contributed by atoms with van der Waals surface area (Å²) in [6.45, 7) is 10.0. The molecule has 1 aliphatic heterocycles. The lowest BCUT2D eigenvalue weighted by molar-refractivity contribution is 0.00578. The number of nitriles is 1. The first-order valence-electron chi connectivity index (χ1n) is 8.41. The van der Waals surface area contributed by atoms with E-state index in [0.29, 0.717) is 17.7 Å². The van der Waals surface area contributed by atoms with Gasteiger partial charge < -0.3 is 19.2 Å². The van der Waals surface area contributed by atoms with Crippen LogP contribution in [0.3, 0.4) is 0 Å². The molecular weight excluding hydrogens is 305 g/mol. The molecule has 0 amide bonds. The van der Waals surface area contributed by atoms with E-state index in [1.807, 2.05) is 40.7 Å². The number of aliphatic hydroxyl groups is 1. The van der Waals surface area contributed by atoms with Crippen LogP contribution in [0.2, 0.25) is 0 Å². The molecule has 24 heavy (non-hydrogen) atoms. The molecule has 2 rings (SSSR count). The van der Waals surface area contributed by atoms with Crippen molar-refractivity contribution in [1.82, 2.24) is 0 Å². The van der Waals surface area contributed by atoms with Crippen LogP contribution in [0, 0.1) is 11.3 Å². The Labute approximate surface area is 144 Å². The molecule has 130 valence electrons. The molecule has 1 unspecified atom stereocenters. The standard InChI is InChI=1S/C18H26BNO4/c1-6-15(9-10-21)22-16-8-7-14(11-13(16)12-20)19-23-17(2,3)18(4,5)24-19/h7-8,11,15,21H,6,9-10H2,1-5H3. The van der Waals surface area contributed by atoms with E-state index in [1.54, 1.807) is 12.1 Å². The minimum absolute atomic E-state index is 0.0619. The SMILES string of the molecule is CCC(CCO)Oc1ccc(B2OC(C)(C)C(C)(C)O2)cc1C#N. The minimum atomic E-state index is -0.504. The second kappa shape index (κ2) is 7.14. The van der Waals surface area contributed by atoms with Crippen molar-refractivity contribution in [1.29, 1.82) is 5.26 Å². The molecule has 0 saturated carbocycles. The van der Waals surface area contributed by atoms with Gasteiger partial charge in [0.25, 0.3) is 0 Å². The number of ether oxygens (including phenoxy) is 1.